The Labute approximate surface area is 119 Å². The van der Waals surface area contributed by atoms with Gasteiger partial charge >= 0.3 is 11.7 Å². The number of aromatic amines is 1. The molecule has 0 aliphatic heterocycles. The van der Waals surface area contributed by atoms with Crippen LogP contribution in [0.5, 0.6) is 0 Å². The van der Waals surface area contributed by atoms with E-state index in [0.717, 1.165) is 4.57 Å². The zero-order valence-electron chi connectivity index (χ0n) is 12.3. The Morgan fingerprint density at radius 1 is 1.38 bits per heavy atom. The second-order valence-electron chi connectivity index (χ2n) is 4.61. The van der Waals surface area contributed by atoms with Crippen molar-refractivity contribution in [2.75, 3.05) is 11.9 Å². The summed E-state index contributed by atoms with van der Waals surface area (Å²) >= 11 is 0. The van der Waals surface area contributed by atoms with Gasteiger partial charge < -0.3 is 15.0 Å². The monoisotopic (exact) mass is 295 g/mol. The van der Waals surface area contributed by atoms with E-state index in [9.17, 15) is 14.4 Å². The predicted octanol–water partition coefficient (Wildman–Crippen LogP) is -0.676. The van der Waals surface area contributed by atoms with Crippen LogP contribution in [0.15, 0.2) is 9.59 Å². The van der Waals surface area contributed by atoms with Crippen LogP contribution in [0.1, 0.15) is 13.8 Å². The quantitative estimate of drug-likeness (QED) is 0.723. The number of H-pyrrole nitrogens is 1. The molecule has 0 bridgehead atoms. The van der Waals surface area contributed by atoms with Gasteiger partial charge in [0.2, 0.25) is 5.95 Å². The highest BCUT2D eigenvalue weighted by atomic mass is 16.5. The number of carbonyl (C=O) groups is 1. The highest BCUT2D eigenvalue weighted by Gasteiger charge is 2.18. The normalized spacial score (nSPS) is 12.4. The first-order valence-electron chi connectivity index (χ1n) is 6.45. The molecule has 2 rings (SSSR count). The van der Waals surface area contributed by atoms with Crippen molar-refractivity contribution >= 4 is 23.1 Å². The van der Waals surface area contributed by atoms with Crippen LogP contribution in [-0.4, -0.2) is 37.7 Å². The van der Waals surface area contributed by atoms with Crippen molar-refractivity contribution in [1.29, 1.82) is 0 Å². The number of imidazole rings is 1. The zero-order valence-corrected chi connectivity index (χ0v) is 12.3. The molecule has 21 heavy (non-hydrogen) atoms. The first-order chi connectivity index (χ1) is 9.86. The van der Waals surface area contributed by atoms with Crippen LogP contribution in [0, 0.1) is 0 Å². The van der Waals surface area contributed by atoms with E-state index in [-0.39, 0.29) is 23.7 Å². The van der Waals surface area contributed by atoms with Crippen molar-refractivity contribution in [2.24, 2.45) is 14.1 Å². The molecule has 0 aliphatic carbocycles. The first kappa shape index (κ1) is 14.8. The molecule has 0 fully saturated rings. The maximum Gasteiger partial charge on any atom is 0.332 e. The van der Waals surface area contributed by atoms with Gasteiger partial charge in [0.1, 0.15) is 6.04 Å². The minimum absolute atomic E-state index is 0.193. The van der Waals surface area contributed by atoms with Gasteiger partial charge in [-0.1, -0.05) is 0 Å². The van der Waals surface area contributed by atoms with Gasteiger partial charge in [-0.05, 0) is 13.8 Å². The molecule has 0 radical (unpaired) electrons. The lowest BCUT2D eigenvalue weighted by Crippen LogP contribution is -2.36. The maximum absolute atomic E-state index is 12.0. The SMILES string of the molecule is CCOC(=O)C(C)Nc1nc2c([nH]1)c(=O)n(C)c(=O)n2C. The lowest BCUT2D eigenvalue weighted by atomic mass is 10.3. The second kappa shape index (κ2) is 5.43. The summed E-state index contributed by atoms with van der Waals surface area (Å²) in [4.78, 5) is 42.3. The molecule has 2 aromatic rings. The van der Waals surface area contributed by atoms with Crippen molar-refractivity contribution in [3.63, 3.8) is 0 Å². The molecule has 114 valence electrons. The molecule has 0 saturated carbocycles. The molecule has 9 heteroatoms. The molecule has 1 atom stereocenters. The molecule has 2 aromatic heterocycles. The van der Waals surface area contributed by atoms with Gasteiger partial charge in [0, 0.05) is 14.1 Å². The van der Waals surface area contributed by atoms with Gasteiger partial charge in [-0.3, -0.25) is 13.9 Å². The molecule has 2 heterocycles. The standard InChI is InChI=1S/C12H17N5O4/c1-5-21-10(19)6(2)13-11-14-7-8(15-11)16(3)12(20)17(4)9(7)18/h6H,5H2,1-4H3,(H2,13,14,15). The zero-order chi connectivity index (χ0) is 15.7. The van der Waals surface area contributed by atoms with Gasteiger partial charge in [-0.2, -0.15) is 4.98 Å². The fourth-order valence-electron chi connectivity index (χ4n) is 1.93. The topological polar surface area (TPSA) is 111 Å². The summed E-state index contributed by atoms with van der Waals surface area (Å²) < 4.78 is 7.11. The minimum Gasteiger partial charge on any atom is -0.464 e. The second-order valence-corrected chi connectivity index (χ2v) is 4.61. The highest BCUT2D eigenvalue weighted by Crippen LogP contribution is 2.09. The van der Waals surface area contributed by atoms with E-state index in [1.165, 1.54) is 18.7 Å². The molecular formula is C12H17N5O4. The summed E-state index contributed by atoms with van der Waals surface area (Å²) in [7, 11) is 2.91. The van der Waals surface area contributed by atoms with Crippen molar-refractivity contribution in [3.8, 4) is 0 Å². The number of carbonyl (C=O) groups excluding carboxylic acids is 1. The van der Waals surface area contributed by atoms with Gasteiger partial charge in [-0.15, -0.1) is 0 Å². The summed E-state index contributed by atoms with van der Waals surface area (Å²) in [5.74, 6) is -0.205. The number of nitrogens with zero attached hydrogens (tertiary/aromatic N) is 3. The molecule has 9 nitrogen and oxygen atoms in total. The fraction of sp³-hybridized carbons (Fsp3) is 0.500. The molecule has 0 saturated heterocycles. The molecule has 0 aromatic carbocycles. The van der Waals surface area contributed by atoms with Crippen LogP contribution in [-0.2, 0) is 23.6 Å². The van der Waals surface area contributed by atoms with Crippen LogP contribution in [0.4, 0.5) is 5.95 Å². The van der Waals surface area contributed by atoms with Crippen molar-refractivity contribution in [3.05, 3.63) is 20.8 Å². The lowest BCUT2D eigenvalue weighted by molar-refractivity contribution is -0.143. The average molecular weight is 295 g/mol. The number of aromatic nitrogens is 4. The molecule has 1 unspecified atom stereocenters. The van der Waals surface area contributed by atoms with Crippen LogP contribution in [0.25, 0.3) is 11.2 Å². The van der Waals surface area contributed by atoms with Gasteiger partial charge in [0.15, 0.2) is 11.2 Å². The van der Waals surface area contributed by atoms with Crippen molar-refractivity contribution < 1.29 is 9.53 Å². The third-order valence-electron chi connectivity index (χ3n) is 3.09. The Bertz CT molecular complexity index is 800. The molecule has 0 aliphatic rings. The summed E-state index contributed by atoms with van der Waals surface area (Å²) in [6, 6.07) is -0.633. The van der Waals surface area contributed by atoms with E-state index >= 15 is 0 Å². The summed E-state index contributed by atoms with van der Waals surface area (Å²) in [6.45, 7) is 3.60. The number of nitrogens with one attached hydrogen (secondary N) is 2. The van der Waals surface area contributed by atoms with Crippen molar-refractivity contribution in [1.82, 2.24) is 19.1 Å². The Morgan fingerprint density at radius 2 is 2.05 bits per heavy atom. The number of hydrogen-bond acceptors (Lipinski definition) is 6. The fourth-order valence-corrected chi connectivity index (χ4v) is 1.93. The number of esters is 1. The number of rotatable bonds is 4. The maximum atomic E-state index is 12.0. The van der Waals surface area contributed by atoms with Gasteiger partial charge in [0.25, 0.3) is 5.56 Å². The smallest absolute Gasteiger partial charge is 0.332 e. The number of hydrogen-bond donors (Lipinski definition) is 2. The minimum atomic E-state index is -0.633. The average Bonchev–Trinajstić information content (AvgIpc) is 2.87. The summed E-state index contributed by atoms with van der Waals surface area (Å²) in [5.41, 5.74) is -0.527. The van der Waals surface area contributed by atoms with E-state index in [1.54, 1.807) is 13.8 Å². The van der Waals surface area contributed by atoms with Gasteiger partial charge in [-0.25, -0.2) is 9.59 Å². The van der Waals surface area contributed by atoms with E-state index in [4.69, 9.17) is 4.74 Å². The number of aryl methyl sites for hydroxylation is 1. The number of anilines is 1. The lowest BCUT2D eigenvalue weighted by Gasteiger charge is -2.10. The number of fused-ring (bicyclic) bond motifs is 1. The largest absolute Gasteiger partial charge is 0.464 e. The predicted molar refractivity (Wildman–Crippen MR) is 76.3 cm³/mol. The Balaban J connectivity index is 2.43. The Kier molecular flexibility index (Phi) is 3.83. The first-order valence-corrected chi connectivity index (χ1v) is 6.45. The molecule has 0 amide bonds. The third kappa shape index (κ3) is 2.54. The van der Waals surface area contributed by atoms with E-state index in [0.29, 0.717) is 0 Å². The van der Waals surface area contributed by atoms with Gasteiger partial charge in [0.05, 0.1) is 6.61 Å². The molecule has 2 N–H and O–H groups in total. The molecule has 0 spiro atoms. The number of ether oxygens (including phenoxy) is 1. The van der Waals surface area contributed by atoms with E-state index in [1.807, 2.05) is 0 Å². The van der Waals surface area contributed by atoms with Crippen molar-refractivity contribution in [2.45, 2.75) is 19.9 Å². The van der Waals surface area contributed by atoms with E-state index < -0.39 is 23.3 Å². The highest BCUT2D eigenvalue weighted by molar-refractivity contribution is 5.79. The van der Waals surface area contributed by atoms with Crippen LogP contribution in [0.2, 0.25) is 0 Å². The summed E-state index contributed by atoms with van der Waals surface area (Å²) in [6.07, 6.45) is 0. The molecular weight excluding hydrogens is 278 g/mol. The van der Waals surface area contributed by atoms with Crippen LogP contribution in [0.3, 0.4) is 0 Å². The van der Waals surface area contributed by atoms with E-state index in [2.05, 4.69) is 15.3 Å². The Morgan fingerprint density at radius 3 is 2.67 bits per heavy atom. The van der Waals surface area contributed by atoms with Crippen LogP contribution < -0.4 is 16.6 Å². The Hall–Kier alpha value is -2.58. The summed E-state index contributed by atoms with van der Waals surface area (Å²) in [5, 5.41) is 2.80. The van der Waals surface area contributed by atoms with Crippen LogP contribution >= 0.6 is 0 Å². The third-order valence-corrected chi connectivity index (χ3v) is 3.09.